The van der Waals surface area contributed by atoms with Gasteiger partial charge in [0.25, 0.3) is 0 Å². The summed E-state index contributed by atoms with van der Waals surface area (Å²) in [7, 11) is 1.56. The summed E-state index contributed by atoms with van der Waals surface area (Å²) in [6, 6.07) is 12.7. The zero-order valence-corrected chi connectivity index (χ0v) is 11.9. The molecule has 0 atom stereocenters. The molecule has 0 aliphatic rings. The zero-order chi connectivity index (χ0) is 15.0. The molecule has 5 nitrogen and oxygen atoms in total. The second-order valence-corrected chi connectivity index (χ2v) is 4.85. The van der Waals surface area contributed by atoms with Crippen molar-refractivity contribution in [3.05, 3.63) is 47.0 Å². The molecule has 21 heavy (non-hydrogen) atoms. The second-order valence-electron chi connectivity index (χ2n) is 4.44. The molecule has 6 heteroatoms. The summed E-state index contributed by atoms with van der Waals surface area (Å²) in [5, 5.41) is 9.51. The van der Waals surface area contributed by atoms with E-state index in [1.54, 1.807) is 42.0 Å². The standard InChI is InChI=1S/C15H11ClN4O/c1-21-14-5-3-10(7-11(14)16)20-13-6-9(8-17)2-4-12(13)19-15(20)18/h2-7H,1H3,(H2,18,19). The van der Waals surface area contributed by atoms with Crippen LogP contribution in [0.5, 0.6) is 5.75 Å². The molecule has 0 radical (unpaired) electrons. The maximum atomic E-state index is 9.03. The van der Waals surface area contributed by atoms with E-state index in [-0.39, 0.29) is 0 Å². The van der Waals surface area contributed by atoms with Crippen molar-refractivity contribution in [3.63, 3.8) is 0 Å². The van der Waals surface area contributed by atoms with E-state index in [0.717, 1.165) is 16.7 Å². The SMILES string of the molecule is COc1ccc(-n2c(N)nc3ccc(C#N)cc32)cc1Cl. The van der Waals surface area contributed by atoms with Crippen LogP contribution in [0.2, 0.25) is 5.02 Å². The molecule has 2 aromatic carbocycles. The molecule has 0 unspecified atom stereocenters. The van der Waals surface area contributed by atoms with E-state index >= 15 is 0 Å². The predicted molar refractivity (Wildman–Crippen MR) is 81.8 cm³/mol. The van der Waals surface area contributed by atoms with Crippen LogP contribution in [0.15, 0.2) is 36.4 Å². The summed E-state index contributed by atoms with van der Waals surface area (Å²) in [4.78, 5) is 4.29. The number of anilines is 1. The Labute approximate surface area is 126 Å². The van der Waals surface area contributed by atoms with Crippen LogP contribution in [0.4, 0.5) is 5.95 Å². The van der Waals surface area contributed by atoms with Gasteiger partial charge in [-0.3, -0.25) is 4.57 Å². The Kier molecular flexibility index (Phi) is 3.16. The monoisotopic (exact) mass is 298 g/mol. The lowest BCUT2D eigenvalue weighted by molar-refractivity contribution is 0.415. The number of nitrogen functional groups attached to an aromatic ring is 1. The largest absolute Gasteiger partial charge is 0.495 e. The van der Waals surface area contributed by atoms with Crippen LogP contribution in [0, 0.1) is 11.3 Å². The van der Waals surface area contributed by atoms with Crippen molar-refractivity contribution in [1.29, 1.82) is 5.26 Å². The first-order valence-electron chi connectivity index (χ1n) is 6.16. The summed E-state index contributed by atoms with van der Waals surface area (Å²) < 4.78 is 6.89. The molecule has 1 aromatic heterocycles. The highest BCUT2D eigenvalue weighted by molar-refractivity contribution is 6.32. The highest BCUT2D eigenvalue weighted by Crippen LogP contribution is 2.30. The first-order chi connectivity index (χ1) is 10.1. The van der Waals surface area contributed by atoms with Gasteiger partial charge in [0.15, 0.2) is 0 Å². The quantitative estimate of drug-likeness (QED) is 0.788. The second kappa shape index (κ2) is 5.00. The van der Waals surface area contributed by atoms with Crippen molar-refractivity contribution in [2.75, 3.05) is 12.8 Å². The van der Waals surface area contributed by atoms with Crippen LogP contribution < -0.4 is 10.5 Å². The average Bonchev–Trinajstić information content (AvgIpc) is 2.81. The molecule has 2 N–H and O–H groups in total. The summed E-state index contributed by atoms with van der Waals surface area (Å²) in [6.45, 7) is 0. The summed E-state index contributed by atoms with van der Waals surface area (Å²) in [5.74, 6) is 0.919. The van der Waals surface area contributed by atoms with Crippen molar-refractivity contribution in [2.24, 2.45) is 0 Å². The van der Waals surface area contributed by atoms with Crippen LogP contribution in [-0.2, 0) is 0 Å². The van der Waals surface area contributed by atoms with Crippen molar-refractivity contribution in [1.82, 2.24) is 9.55 Å². The van der Waals surface area contributed by atoms with Gasteiger partial charge in [-0.1, -0.05) is 11.6 Å². The minimum atomic E-state index is 0.335. The van der Waals surface area contributed by atoms with Gasteiger partial charge in [-0.15, -0.1) is 0 Å². The van der Waals surface area contributed by atoms with Gasteiger partial charge in [0.2, 0.25) is 5.95 Å². The van der Waals surface area contributed by atoms with E-state index in [1.807, 2.05) is 6.07 Å². The third-order valence-corrected chi connectivity index (χ3v) is 3.50. The number of fused-ring (bicyclic) bond motifs is 1. The number of nitriles is 1. The molecule has 0 saturated carbocycles. The van der Waals surface area contributed by atoms with Crippen LogP contribution in [-0.4, -0.2) is 16.7 Å². The maximum absolute atomic E-state index is 9.03. The lowest BCUT2D eigenvalue weighted by atomic mass is 10.2. The van der Waals surface area contributed by atoms with Crippen molar-refractivity contribution >= 4 is 28.6 Å². The van der Waals surface area contributed by atoms with E-state index in [4.69, 9.17) is 27.3 Å². The van der Waals surface area contributed by atoms with Gasteiger partial charge in [0, 0.05) is 0 Å². The van der Waals surface area contributed by atoms with Gasteiger partial charge in [0.1, 0.15) is 5.75 Å². The number of aromatic nitrogens is 2. The molecule has 0 aliphatic heterocycles. The van der Waals surface area contributed by atoms with E-state index in [2.05, 4.69) is 11.1 Å². The number of imidazole rings is 1. The average molecular weight is 299 g/mol. The Morgan fingerprint density at radius 1 is 1.29 bits per heavy atom. The molecule has 1 heterocycles. The minimum absolute atomic E-state index is 0.335. The Bertz CT molecular complexity index is 879. The number of nitrogens with two attached hydrogens (primary N) is 1. The highest BCUT2D eigenvalue weighted by atomic mass is 35.5. The van der Waals surface area contributed by atoms with E-state index in [1.165, 1.54) is 0 Å². The van der Waals surface area contributed by atoms with Crippen LogP contribution >= 0.6 is 11.6 Å². The Hall–Kier alpha value is -2.71. The van der Waals surface area contributed by atoms with Gasteiger partial charge in [-0.05, 0) is 36.4 Å². The molecular weight excluding hydrogens is 288 g/mol. The van der Waals surface area contributed by atoms with Crippen LogP contribution in [0.25, 0.3) is 16.7 Å². The van der Waals surface area contributed by atoms with Gasteiger partial charge >= 0.3 is 0 Å². The normalized spacial score (nSPS) is 10.5. The molecule has 3 aromatic rings. The molecule has 3 rings (SSSR count). The number of ether oxygens (including phenoxy) is 1. The first kappa shape index (κ1) is 13.3. The predicted octanol–water partition coefficient (Wildman–Crippen LogP) is 3.14. The lowest BCUT2D eigenvalue weighted by Crippen LogP contribution is -2.01. The molecule has 0 aliphatic carbocycles. The van der Waals surface area contributed by atoms with Crippen molar-refractivity contribution in [2.45, 2.75) is 0 Å². The summed E-state index contributed by atoms with van der Waals surface area (Å²) in [5.41, 5.74) is 8.77. The Morgan fingerprint density at radius 3 is 2.76 bits per heavy atom. The van der Waals surface area contributed by atoms with Gasteiger partial charge in [-0.25, -0.2) is 4.98 Å². The number of halogens is 1. The molecule has 104 valence electrons. The number of hydrogen-bond acceptors (Lipinski definition) is 4. The fourth-order valence-electron chi connectivity index (χ4n) is 2.23. The highest BCUT2D eigenvalue weighted by Gasteiger charge is 2.12. The Balaban J connectivity index is 2.26. The van der Waals surface area contributed by atoms with Crippen molar-refractivity contribution < 1.29 is 4.74 Å². The molecular formula is C15H11ClN4O. The number of rotatable bonds is 2. The molecule has 0 bridgehead atoms. The van der Waals surface area contributed by atoms with Crippen molar-refractivity contribution in [3.8, 4) is 17.5 Å². The molecule has 0 spiro atoms. The summed E-state index contributed by atoms with van der Waals surface area (Å²) >= 11 is 6.16. The topological polar surface area (TPSA) is 76.9 Å². The number of hydrogen-bond donors (Lipinski definition) is 1. The lowest BCUT2D eigenvalue weighted by Gasteiger charge is -2.09. The van der Waals surface area contributed by atoms with Crippen LogP contribution in [0.1, 0.15) is 5.56 Å². The van der Waals surface area contributed by atoms with E-state index < -0.39 is 0 Å². The van der Waals surface area contributed by atoms with Gasteiger partial charge < -0.3 is 10.5 Å². The van der Waals surface area contributed by atoms with E-state index in [9.17, 15) is 0 Å². The summed E-state index contributed by atoms with van der Waals surface area (Å²) in [6.07, 6.45) is 0. The zero-order valence-electron chi connectivity index (χ0n) is 11.2. The number of methoxy groups -OCH3 is 1. The minimum Gasteiger partial charge on any atom is -0.495 e. The third kappa shape index (κ3) is 2.16. The Morgan fingerprint density at radius 2 is 2.10 bits per heavy atom. The first-order valence-corrected chi connectivity index (χ1v) is 6.54. The van der Waals surface area contributed by atoms with Crippen LogP contribution in [0.3, 0.4) is 0 Å². The third-order valence-electron chi connectivity index (χ3n) is 3.20. The maximum Gasteiger partial charge on any atom is 0.205 e. The number of benzene rings is 2. The molecule has 0 saturated heterocycles. The molecule has 0 fully saturated rings. The van der Waals surface area contributed by atoms with Gasteiger partial charge in [0.05, 0.1) is 40.5 Å². The smallest absolute Gasteiger partial charge is 0.205 e. The van der Waals surface area contributed by atoms with E-state index in [0.29, 0.717) is 22.3 Å². The molecule has 0 amide bonds. The van der Waals surface area contributed by atoms with Gasteiger partial charge in [-0.2, -0.15) is 5.26 Å². The fourth-order valence-corrected chi connectivity index (χ4v) is 2.48. The number of nitrogens with zero attached hydrogens (tertiary/aromatic N) is 3. The fraction of sp³-hybridized carbons (Fsp3) is 0.0667.